The lowest BCUT2D eigenvalue weighted by molar-refractivity contribution is -0.384. The largest absolute Gasteiger partial charge is 0.300 e. The zero-order valence-electron chi connectivity index (χ0n) is 9.96. The van der Waals surface area contributed by atoms with E-state index in [-0.39, 0.29) is 20.3 Å². The number of halogens is 1. The molecule has 1 saturated carbocycles. The molecule has 19 heavy (non-hydrogen) atoms. The van der Waals surface area contributed by atoms with Crippen molar-refractivity contribution in [2.75, 3.05) is 0 Å². The van der Waals surface area contributed by atoms with E-state index in [2.05, 4.69) is 4.72 Å². The van der Waals surface area contributed by atoms with Gasteiger partial charge in [-0.2, -0.15) is 0 Å². The zero-order chi connectivity index (χ0) is 14.0. The maximum Gasteiger partial charge on any atom is 0.300 e. The standard InChI is InChI=1S/C10H13ClN2O4S2/c11-10-8(13(14)15)6-9(18-10)19(16,17)12-7-4-2-1-3-5-7/h6-7,12H,1-5H2. The van der Waals surface area contributed by atoms with Crippen LogP contribution in [0.15, 0.2) is 10.3 Å². The third-order valence-electron chi connectivity index (χ3n) is 3.03. The molecule has 1 heterocycles. The van der Waals surface area contributed by atoms with Crippen LogP contribution >= 0.6 is 22.9 Å². The van der Waals surface area contributed by atoms with Crippen molar-refractivity contribution in [3.63, 3.8) is 0 Å². The summed E-state index contributed by atoms with van der Waals surface area (Å²) in [6.07, 6.45) is 4.73. The molecule has 0 unspecified atom stereocenters. The fourth-order valence-electron chi connectivity index (χ4n) is 2.09. The molecule has 0 saturated heterocycles. The summed E-state index contributed by atoms with van der Waals surface area (Å²) in [4.78, 5) is 9.98. The third kappa shape index (κ3) is 3.44. The minimum Gasteiger partial charge on any atom is -0.258 e. The van der Waals surface area contributed by atoms with Crippen LogP contribution < -0.4 is 4.72 Å². The van der Waals surface area contributed by atoms with E-state index < -0.39 is 14.9 Å². The van der Waals surface area contributed by atoms with Gasteiger partial charge < -0.3 is 0 Å². The Morgan fingerprint density at radius 1 is 1.37 bits per heavy atom. The van der Waals surface area contributed by atoms with Gasteiger partial charge in [0.1, 0.15) is 4.21 Å². The number of nitrogens with one attached hydrogen (secondary N) is 1. The quantitative estimate of drug-likeness (QED) is 0.681. The van der Waals surface area contributed by atoms with Crippen LogP contribution in [0.2, 0.25) is 4.34 Å². The van der Waals surface area contributed by atoms with Crippen LogP contribution in [-0.4, -0.2) is 19.4 Å². The Kier molecular flexibility index (Phi) is 4.44. The molecule has 0 spiro atoms. The van der Waals surface area contributed by atoms with Gasteiger partial charge in [0.15, 0.2) is 4.34 Å². The van der Waals surface area contributed by atoms with Crippen molar-refractivity contribution in [3.8, 4) is 0 Å². The van der Waals surface area contributed by atoms with E-state index in [4.69, 9.17) is 11.6 Å². The van der Waals surface area contributed by atoms with Crippen LogP contribution in [0.3, 0.4) is 0 Å². The van der Waals surface area contributed by atoms with Crippen molar-refractivity contribution in [1.82, 2.24) is 4.72 Å². The van der Waals surface area contributed by atoms with Gasteiger partial charge >= 0.3 is 0 Å². The van der Waals surface area contributed by atoms with Gasteiger partial charge in [0.25, 0.3) is 15.7 Å². The fourth-order valence-corrected chi connectivity index (χ4v) is 5.08. The second-order valence-electron chi connectivity index (χ2n) is 4.44. The summed E-state index contributed by atoms with van der Waals surface area (Å²) >= 11 is 6.38. The molecule has 1 aliphatic carbocycles. The average Bonchev–Trinajstić information content (AvgIpc) is 2.73. The summed E-state index contributed by atoms with van der Waals surface area (Å²) in [6.45, 7) is 0. The summed E-state index contributed by atoms with van der Waals surface area (Å²) < 4.78 is 26.6. The number of nitrogens with zero attached hydrogens (tertiary/aromatic N) is 1. The number of nitro groups is 1. The molecular formula is C10H13ClN2O4S2. The summed E-state index contributed by atoms with van der Waals surface area (Å²) in [6, 6.07) is 0.928. The predicted octanol–water partition coefficient (Wildman–Crippen LogP) is 2.92. The topological polar surface area (TPSA) is 89.3 Å². The van der Waals surface area contributed by atoms with Crippen LogP contribution in [0.5, 0.6) is 0 Å². The molecule has 0 aromatic carbocycles. The van der Waals surface area contributed by atoms with Crippen molar-refractivity contribution in [3.05, 3.63) is 20.5 Å². The van der Waals surface area contributed by atoms with Crippen molar-refractivity contribution >= 4 is 38.6 Å². The lowest BCUT2D eigenvalue weighted by Gasteiger charge is -2.21. The number of thiophene rings is 1. The van der Waals surface area contributed by atoms with Gasteiger partial charge in [-0.25, -0.2) is 13.1 Å². The highest BCUT2D eigenvalue weighted by atomic mass is 35.5. The summed E-state index contributed by atoms with van der Waals surface area (Å²) in [7, 11) is -3.72. The first kappa shape index (κ1) is 14.7. The maximum absolute atomic E-state index is 12.1. The van der Waals surface area contributed by atoms with Crippen molar-refractivity contribution in [2.45, 2.75) is 42.4 Å². The number of rotatable bonds is 4. The molecule has 1 fully saturated rings. The van der Waals surface area contributed by atoms with Crippen LogP contribution in [0.1, 0.15) is 32.1 Å². The Labute approximate surface area is 120 Å². The summed E-state index contributed by atoms with van der Waals surface area (Å²) in [5.74, 6) is 0. The SMILES string of the molecule is O=[N+]([O-])c1cc(S(=O)(=O)NC2CCCCC2)sc1Cl. The lowest BCUT2D eigenvalue weighted by Crippen LogP contribution is -2.35. The highest BCUT2D eigenvalue weighted by Crippen LogP contribution is 2.36. The molecule has 0 aliphatic heterocycles. The molecule has 0 radical (unpaired) electrons. The Hall–Kier alpha value is -0.700. The summed E-state index contributed by atoms with van der Waals surface area (Å²) in [5.41, 5.74) is -0.365. The fraction of sp³-hybridized carbons (Fsp3) is 0.600. The van der Waals surface area contributed by atoms with Crippen LogP contribution in [0.4, 0.5) is 5.69 Å². The maximum atomic E-state index is 12.1. The Bertz CT molecular complexity index is 578. The number of hydrogen-bond donors (Lipinski definition) is 1. The minimum absolute atomic E-state index is 0.0846. The molecule has 0 bridgehead atoms. The second-order valence-corrected chi connectivity index (χ2v) is 8.03. The van der Waals surface area contributed by atoms with Crippen molar-refractivity contribution < 1.29 is 13.3 Å². The average molecular weight is 325 g/mol. The first-order valence-electron chi connectivity index (χ1n) is 5.86. The van der Waals surface area contributed by atoms with Gasteiger partial charge in [-0.05, 0) is 12.8 Å². The predicted molar refractivity (Wildman–Crippen MR) is 73.2 cm³/mol. The minimum atomic E-state index is -3.72. The van der Waals surface area contributed by atoms with Crippen LogP contribution in [0.25, 0.3) is 0 Å². The van der Waals surface area contributed by atoms with Crippen LogP contribution in [-0.2, 0) is 10.0 Å². The van der Waals surface area contributed by atoms with Gasteiger partial charge in [-0.3, -0.25) is 10.1 Å². The summed E-state index contributed by atoms with van der Waals surface area (Å²) in [5, 5.41) is 10.7. The van der Waals surface area contributed by atoms with E-state index in [1.807, 2.05) is 0 Å². The van der Waals surface area contributed by atoms with Gasteiger partial charge in [0.2, 0.25) is 0 Å². The highest BCUT2D eigenvalue weighted by Gasteiger charge is 2.27. The van der Waals surface area contributed by atoms with Gasteiger partial charge in [0.05, 0.1) is 4.92 Å². The molecule has 6 nitrogen and oxygen atoms in total. The molecular weight excluding hydrogens is 312 g/mol. The van der Waals surface area contributed by atoms with Crippen LogP contribution in [0, 0.1) is 10.1 Å². The molecule has 1 aliphatic rings. The number of sulfonamides is 1. The van der Waals surface area contributed by atoms with E-state index in [0.717, 1.165) is 38.2 Å². The highest BCUT2D eigenvalue weighted by molar-refractivity contribution is 7.91. The van der Waals surface area contributed by atoms with Gasteiger partial charge in [-0.15, -0.1) is 11.3 Å². The lowest BCUT2D eigenvalue weighted by atomic mass is 9.96. The Morgan fingerprint density at radius 3 is 2.53 bits per heavy atom. The Morgan fingerprint density at radius 2 is 2.00 bits per heavy atom. The van der Waals surface area contributed by atoms with E-state index in [1.54, 1.807) is 0 Å². The van der Waals surface area contributed by atoms with Crippen molar-refractivity contribution in [2.24, 2.45) is 0 Å². The first-order valence-corrected chi connectivity index (χ1v) is 8.54. The third-order valence-corrected chi connectivity index (χ3v) is 6.37. The normalized spacial score (nSPS) is 17.5. The van der Waals surface area contributed by atoms with Crippen molar-refractivity contribution in [1.29, 1.82) is 0 Å². The van der Waals surface area contributed by atoms with E-state index >= 15 is 0 Å². The number of hydrogen-bond acceptors (Lipinski definition) is 5. The van der Waals surface area contributed by atoms with Gasteiger partial charge in [-0.1, -0.05) is 30.9 Å². The second kappa shape index (κ2) is 5.74. The Balaban J connectivity index is 2.19. The first-order chi connectivity index (χ1) is 8.90. The molecule has 1 N–H and O–H groups in total. The molecule has 1 aromatic heterocycles. The molecule has 1 aromatic rings. The van der Waals surface area contributed by atoms with E-state index in [0.29, 0.717) is 11.3 Å². The molecule has 9 heteroatoms. The molecule has 106 valence electrons. The molecule has 0 atom stereocenters. The monoisotopic (exact) mass is 324 g/mol. The molecule has 0 amide bonds. The van der Waals surface area contributed by atoms with Gasteiger partial charge in [0, 0.05) is 12.1 Å². The smallest absolute Gasteiger partial charge is 0.258 e. The van der Waals surface area contributed by atoms with E-state index in [1.165, 1.54) is 0 Å². The van der Waals surface area contributed by atoms with E-state index in [9.17, 15) is 18.5 Å². The molecule has 2 rings (SSSR count). The zero-order valence-corrected chi connectivity index (χ0v) is 12.4.